The first kappa shape index (κ1) is 13.0. The van der Waals surface area contributed by atoms with Crippen molar-refractivity contribution < 1.29 is 0 Å². The summed E-state index contributed by atoms with van der Waals surface area (Å²) in [5.41, 5.74) is 3.33. The summed E-state index contributed by atoms with van der Waals surface area (Å²) >= 11 is 0. The molecule has 1 aliphatic heterocycles. The summed E-state index contributed by atoms with van der Waals surface area (Å²) in [5, 5.41) is 0.589. The van der Waals surface area contributed by atoms with E-state index in [0.29, 0.717) is 11.3 Å². The molecule has 0 bridgehead atoms. The molecule has 2 nitrogen and oxygen atoms in total. The maximum Gasteiger partial charge on any atom is 0.0768 e. The fourth-order valence-corrected chi connectivity index (χ4v) is 6.87. The molecule has 0 amide bonds. The molecule has 1 aromatic rings. The van der Waals surface area contributed by atoms with E-state index in [0.717, 1.165) is 5.69 Å². The van der Waals surface area contributed by atoms with Gasteiger partial charge < -0.3 is 0 Å². The monoisotopic (exact) mass is 268 g/mol. The predicted molar refractivity (Wildman–Crippen MR) is 81.4 cm³/mol. The first-order chi connectivity index (χ1) is 8.06. The van der Waals surface area contributed by atoms with Crippen molar-refractivity contribution in [3.8, 4) is 0 Å². The molecule has 0 saturated heterocycles. The summed E-state index contributed by atoms with van der Waals surface area (Å²) < 4.78 is 3.51. The first-order valence-electron chi connectivity index (χ1n) is 5.95. The van der Waals surface area contributed by atoms with Gasteiger partial charge in [-0.2, -0.15) is 0 Å². The summed E-state index contributed by atoms with van der Waals surface area (Å²) in [6.45, 7) is 8.94. The zero-order valence-corrected chi connectivity index (χ0v) is 12.4. The molecular weight excluding hydrogens is 248 g/mol. The van der Waals surface area contributed by atoms with Gasteiger partial charge in [-0.15, -0.1) is 9.06 Å². The number of nitrogens with one attached hydrogen (secondary N) is 1. The third-order valence-electron chi connectivity index (χ3n) is 2.68. The highest BCUT2D eigenvalue weighted by molar-refractivity contribution is 8.99. The van der Waals surface area contributed by atoms with Crippen molar-refractivity contribution in [2.75, 3.05) is 0 Å². The molecule has 0 aromatic heterocycles. The second-order valence-corrected chi connectivity index (χ2v) is 10.2. The lowest BCUT2D eigenvalue weighted by Crippen LogP contribution is -2.19. The standard InChI is InChI=1S/C13H20N2S2/c1-10(2)15-16-17(11(3)4)9-14-12-7-5-6-8-13(12)17/h5-11,15H,1-4H3. The number of fused-ring (bicyclic) bond motifs is 1. The molecule has 0 saturated carbocycles. The maximum atomic E-state index is 4.60. The van der Waals surface area contributed by atoms with Gasteiger partial charge in [0.25, 0.3) is 0 Å². The van der Waals surface area contributed by atoms with Gasteiger partial charge in [0.05, 0.1) is 11.2 Å². The highest BCUT2D eigenvalue weighted by Crippen LogP contribution is 2.71. The van der Waals surface area contributed by atoms with Crippen LogP contribution in [0.4, 0.5) is 5.69 Å². The number of aliphatic imine (C=N–C) groups is 1. The molecule has 2 rings (SSSR count). The minimum atomic E-state index is -1.02. The summed E-state index contributed by atoms with van der Waals surface area (Å²) in [6, 6.07) is 9.01. The van der Waals surface area contributed by atoms with Crippen LogP contribution in [0.15, 0.2) is 34.2 Å². The second-order valence-electron chi connectivity index (χ2n) is 4.75. The van der Waals surface area contributed by atoms with E-state index in [-0.39, 0.29) is 0 Å². The fourth-order valence-electron chi connectivity index (χ4n) is 1.74. The minimum absolute atomic E-state index is 0.490. The van der Waals surface area contributed by atoms with E-state index < -0.39 is 9.06 Å². The molecule has 1 atom stereocenters. The largest absolute Gasteiger partial charge is 0.253 e. The lowest BCUT2D eigenvalue weighted by atomic mass is 10.3. The van der Waals surface area contributed by atoms with E-state index in [9.17, 15) is 0 Å². The summed E-state index contributed by atoms with van der Waals surface area (Å²) in [4.78, 5) is 6.01. The van der Waals surface area contributed by atoms with Crippen molar-refractivity contribution in [1.29, 1.82) is 0 Å². The van der Waals surface area contributed by atoms with Gasteiger partial charge in [0.15, 0.2) is 0 Å². The molecule has 17 heavy (non-hydrogen) atoms. The number of para-hydroxylation sites is 1. The maximum absolute atomic E-state index is 4.60. The summed E-state index contributed by atoms with van der Waals surface area (Å²) in [5.74, 6) is 0. The Hall–Kier alpha value is -0.450. The number of rotatable bonds is 4. The Kier molecular flexibility index (Phi) is 3.85. The molecule has 0 fully saturated rings. The van der Waals surface area contributed by atoms with Gasteiger partial charge in [0.1, 0.15) is 0 Å². The Morgan fingerprint density at radius 3 is 2.53 bits per heavy atom. The molecule has 94 valence electrons. The molecule has 0 radical (unpaired) electrons. The Bertz CT molecular complexity index is 429. The summed E-state index contributed by atoms with van der Waals surface area (Å²) in [7, 11) is 0.856. The Labute approximate surface area is 109 Å². The highest BCUT2D eigenvalue weighted by atomic mass is 33.2. The molecule has 1 aliphatic rings. The average molecular weight is 268 g/mol. The Morgan fingerprint density at radius 2 is 1.88 bits per heavy atom. The van der Waals surface area contributed by atoms with Crippen LogP contribution < -0.4 is 4.72 Å². The SMILES string of the molecule is CC(C)NSS1(C(C)C)C=Nc2ccccc21. The normalized spacial score (nSPS) is 26.2. The van der Waals surface area contributed by atoms with Gasteiger partial charge in [-0.3, -0.25) is 4.72 Å². The molecular formula is C13H20N2S2. The quantitative estimate of drug-likeness (QED) is 0.642. The number of benzene rings is 1. The molecule has 4 heteroatoms. The number of nitrogens with zero attached hydrogens (tertiary/aromatic N) is 1. The zero-order valence-electron chi connectivity index (χ0n) is 10.8. The molecule has 1 aromatic carbocycles. The molecule has 1 unspecified atom stereocenters. The van der Waals surface area contributed by atoms with Gasteiger partial charge in [-0.05, 0) is 37.0 Å². The second kappa shape index (κ2) is 5.04. The smallest absolute Gasteiger partial charge is 0.0768 e. The number of hydrogen-bond donors (Lipinski definition) is 1. The fraction of sp³-hybridized carbons (Fsp3) is 0.462. The number of hydrogen-bond acceptors (Lipinski definition) is 3. The Balaban J connectivity index is 2.35. The van der Waals surface area contributed by atoms with Gasteiger partial charge in [-0.25, -0.2) is 4.99 Å². The van der Waals surface area contributed by atoms with E-state index in [2.05, 4.69) is 67.2 Å². The van der Waals surface area contributed by atoms with Crippen LogP contribution in [-0.4, -0.2) is 16.8 Å². The topological polar surface area (TPSA) is 24.4 Å². The van der Waals surface area contributed by atoms with Gasteiger partial charge in [0, 0.05) is 16.2 Å². The van der Waals surface area contributed by atoms with Crippen molar-refractivity contribution in [2.24, 2.45) is 4.99 Å². The van der Waals surface area contributed by atoms with Crippen LogP contribution >= 0.6 is 20.0 Å². The van der Waals surface area contributed by atoms with Crippen molar-refractivity contribution in [1.82, 2.24) is 4.72 Å². The van der Waals surface area contributed by atoms with E-state index in [1.54, 1.807) is 0 Å². The predicted octanol–water partition coefficient (Wildman–Crippen LogP) is 4.49. The van der Waals surface area contributed by atoms with Gasteiger partial charge in [-0.1, -0.05) is 26.0 Å². The van der Waals surface area contributed by atoms with E-state index >= 15 is 0 Å². The van der Waals surface area contributed by atoms with Crippen LogP contribution in [0.3, 0.4) is 0 Å². The lowest BCUT2D eigenvalue weighted by molar-refractivity contribution is 0.774. The lowest BCUT2D eigenvalue weighted by Gasteiger charge is -2.37. The van der Waals surface area contributed by atoms with Gasteiger partial charge >= 0.3 is 0 Å². The molecule has 1 heterocycles. The third kappa shape index (κ3) is 2.39. The van der Waals surface area contributed by atoms with Crippen molar-refractivity contribution in [2.45, 2.75) is 43.9 Å². The van der Waals surface area contributed by atoms with E-state index in [4.69, 9.17) is 0 Å². The van der Waals surface area contributed by atoms with E-state index in [1.165, 1.54) is 4.90 Å². The molecule has 0 spiro atoms. The third-order valence-corrected chi connectivity index (χ3v) is 9.44. The van der Waals surface area contributed by atoms with Crippen molar-refractivity contribution >= 4 is 31.3 Å². The highest BCUT2D eigenvalue weighted by Gasteiger charge is 2.35. The van der Waals surface area contributed by atoms with Crippen LogP contribution in [0.2, 0.25) is 0 Å². The minimum Gasteiger partial charge on any atom is -0.253 e. The van der Waals surface area contributed by atoms with E-state index in [1.807, 2.05) is 11.0 Å². The van der Waals surface area contributed by atoms with Gasteiger partial charge in [0.2, 0.25) is 0 Å². The van der Waals surface area contributed by atoms with Crippen LogP contribution in [0, 0.1) is 0 Å². The summed E-state index contributed by atoms with van der Waals surface area (Å²) in [6.07, 6.45) is 0. The first-order valence-corrected chi connectivity index (χ1v) is 9.05. The molecule has 0 aliphatic carbocycles. The Morgan fingerprint density at radius 1 is 1.18 bits per heavy atom. The van der Waals surface area contributed by atoms with Crippen molar-refractivity contribution in [3.63, 3.8) is 0 Å². The van der Waals surface area contributed by atoms with Crippen LogP contribution in [-0.2, 0) is 0 Å². The average Bonchev–Trinajstić information content (AvgIpc) is 2.67. The van der Waals surface area contributed by atoms with Crippen molar-refractivity contribution in [3.05, 3.63) is 24.3 Å². The zero-order chi connectivity index (χ0) is 12.5. The van der Waals surface area contributed by atoms with Crippen LogP contribution in [0.5, 0.6) is 0 Å². The van der Waals surface area contributed by atoms with Crippen LogP contribution in [0.25, 0.3) is 0 Å². The van der Waals surface area contributed by atoms with Crippen LogP contribution in [0.1, 0.15) is 27.7 Å². The molecule has 1 N–H and O–H groups in total.